The highest BCUT2D eigenvalue weighted by molar-refractivity contribution is 7.13. The van der Waals surface area contributed by atoms with Gasteiger partial charge in [0.2, 0.25) is 0 Å². The molecule has 6 rings (SSSR count). The molecule has 3 aromatic rings. The molecule has 1 aromatic carbocycles. The third kappa shape index (κ3) is 3.33. The molecular weight excluding hydrogens is 434 g/mol. The summed E-state index contributed by atoms with van der Waals surface area (Å²) in [5.41, 5.74) is 11.5. The standard InChI is InChI=1S/C25H25N5O2S/c26-23-22-21(18-13-16-3-1-4-17(20(16)28-18)19-5-2-12-33-19)29-24(30(22)11-10-27-23)14-6-8-15(9-7-14)25(31)32/h1-5,10-15,24,28-29H,6-9H2,(H2,26,27)(H,31,32)/t14-,15-,24?. The lowest BCUT2D eigenvalue weighted by Crippen LogP contribution is -2.44. The maximum Gasteiger partial charge on any atom is 0.306 e. The lowest BCUT2D eigenvalue weighted by molar-refractivity contribution is -0.143. The van der Waals surface area contributed by atoms with Crippen LogP contribution in [-0.2, 0) is 4.79 Å². The molecule has 0 saturated heterocycles. The zero-order chi connectivity index (χ0) is 22.5. The predicted octanol–water partition coefficient (Wildman–Crippen LogP) is 4.53. The van der Waals surface area contributed by atoms with Crippen molar-refractivity contribution in [3.05, 3.63) is 65.6 Å². The van der Waals surface area contributed by atoms with Gasteiger partial charge in [0.25, 0.3) is 0 Å². The summed E-state index contributed by atoms with van der Waals surface area (Å²) in [4.78, 5) is 22.8. The number of rotatable bonds is 4. The number of H-pyrrole nitrogens is 1. The number of nitrogens with one attached hydrogen (secondary N) is 2. The SMILES string of the molecule is NC1=NC=CN2C1=C(c1cc3cccc(-c4cccs4)c3[nH]1)NC2[C@H]1CC[C@H](C(=O)O)CC1. The summed E-state index contributed by atoms with van der Waals surface area (Å²) in [6, 6.07) is 12.7. The van der Waals surface area contributed by atoms with Gasteiger partial charge in [0.15, 0.2) is 0 Å². The molecule has 3 aliphatic rings. The Hall–Kier alpha value is -3.52. The molecule has 5 N–H and O–H groups in total. The second-order valence-electron chi connectivity index (χ2n) is 8.91. The first-order valence-electron chi connectivity index (χ1n) is 11.3. The van der Waals surface area contributed by atoms with Gasteiger partial charge in [-0.3, -0.25) is 4.79 Å². The van der Waals surface area contributed by atoms with E-state index in [4.69, 9.17) is 5.73 Å². The molecule has 0 spiro atoms. The van der Waals surface area contributed by atoms with Crippen LogP contribution in [-0.4, -0.2) is 33.0 Å². The van der Waals surface area contributed by atoms with Gasteiger partial charge >= 0.3 is 5.97 Å². The van der Waals surface area contributed by atoms with Gasteiger partial charge in [-0.25, -0.2) is 4.99 Å². The Morgan fingerprint density at radius 3 is 2.79 bits per heavy atom. The number of carboxylic acid groups (broad SMARTS) is 1. The van der Waals surface area contributed by atoms with E-state index in [1.54, 1.807) is 17.5 Å². The Morgan fingerprint density at radius 1 is 1.18 bits per heavy atom. The van der Waals surface area contributed by atoms with Crippen LogP contribution in [0.3, 0.4) is 0 Å². The number of nitrogens with two attached hydrogens (primary N) is 1. The van der Waals surface area contributed by atoms with Crippen LogP contribution in [0.1, 0.15) is 31.4 Å². The number of fused-ring (bicyclic) bond motifs is 2. The summed E-state index contributed by atoms with van der Waals surface area (Å²) < 4.78 is 0. The molecule has 0 amide bonds. The lowest BCUT2D eigenvalue weighted by Gasteiger charge is -2.36. The zero-order valence-electron chi connectivity index (χ0n) is 18.0. The van der Waals surface area contributed by atoms with Gasteiger partial charge in [-0.15, -0.1) is 11.3 Å². The number of aliphatic carboxylic acids is 1. The maximum atomic E-state index is 11.4. The van der Waals surface area contributed by atoms with Crippen LogP contribution in [0.15, 0.2) is 64.9 Å². The lowest BCUT2D eigenvalue weighted by atomic mass is 9.80. The minimum Gasteiger partial charge on any atom is -0.481 e. The van der Waals surface area contributed by atoms with Crippen LogP contribution in [0, 0.1) is 11.8 Å². The number of amidine groups is 1. The third-order valence-electron chi connectivity index (χ3n) is 7.05. The summed E-state index contributed by atoms with van der Waals surface area (Å²) in [6.45, 7) is 0. The van der Waals surface area contributed by atoms with Crippen LogP contribution < -0.4 is 11.1 Å². The van der Waals surface area contributed by atoms with E-state index >= 15 is 0 Å². The van der Waals surface area contributed by atoms with E-state index in [-0.39, 0.29) is 12.1 Å². The maximum absolute atomic E-state index is 11.4. The summed E-state index contributed by atoms with van der Waals surface area (Å²) in [6.07, 6.45) is 6.88. The molecule has 1 atom stereocenters. The van der Waals surface area contributed by atoms with E-state index in [0.29, 0.717) is 24.6 Å². The Labute approximate surface area is 195 Å². The van der Waals surface area contributed by atoms with Crippen molar-refractivity contribution in [2.75, 3.05) is 0 Å². The van der Waals surface area contributed by atoms with Crippen molar-refractivity contribution < 1.29 is 9.90 Å². The normalized spacial score (nSPS) is 24.7. The topological polar surface area (TPSA) is 107 Å². The second-order valence-corrected chi connectivity index (χ2v) is 9.86. The van der Waals surface area contributed by atoms with Crippen molar-refractivity contribution in [1.82, 2.24) is 15.2 Å². The van der Waals surface area contributed by atoms with Gasteiger partial charge in [-0.05, 0) is 49.1 Å². The van der Waals surface area contributed by atoms with Gasteiger partial charge in [0.05, 0.1) is 22.8 Å². The molecule has 0 bridgehead atoms. The number of aromatic nitrogens is 1. The van der Waals surface area contributed by atoms with Crippen molar-refractivity contribution in [3.8, 4) is 10.4 Å². The molecule has 4 heterocycles. The van der Waals surface area contributed by atoms with Crippen molar-refractivity contribution >= 4 is 39.7 Å². The van der Waals surface area contributed by atoms with Crippen LogP contribution in [0.5, 0.6) is 0 Å². The fourth-order valence-corrected chi connectivity index (χ4v) is 6.15. The Bertz CT molecular complexity index is 1310. The summed E-state index contributed by atoms with van der Waals surface area (Å²) in [5, 5.41) is 16.3. The quantitative estimate of drug-likeness (QED) is 0.459. The molecule has 168 valence electrons. The minimum absolute atomic E-state index is 0.0261. The first-order chi connectivity index (χ1) is 16.1. The van der Waals surface area contributed by atoms with E-state index < -0.39 is 5.97 Å². The van der Waals surface area contributed by atoms with Gasteiger partial charge < -0.3 is 26.0 Å². The zero-order valence-corrected chi connectivity index (χ0v) is 18.8. The number of carbonyl (C=O) groups is 1. The van der Waals surface area contributed by atoms with Gasteiger partial charge in [0.1, 0.15) is 17.7 Å². The molecule has 2 aliphatic heterocycles. The number of para-hydroxylation sites is 1. The highest BCUT2D eigenvalue weighted by Gasteiger charge is 2.41. The number of hydrogen-bond acceptors (Lipinski definition) is 6. The van der Waals surface area contributed by atoms with E-state index in [9.17, 15) is 9.90 Å². The van der Waals surface area contributed by atoms with E-state index in [2.05, 4.69) is 62.0 Å². The molecule has 8 heteroatoms. The molecule has 1 saturated carbocycles. The van der Waals surface area contributed by atoms with Gasteiger partial charge in [-0.1, -0.05) is 24.3 Å². The first-order valence-corrected chi connectivity index (χ1v) is 12.2. The highest BCUT2D eigenvalue weighted by atomic mass is 32.1. The Balaban J connectivity index is 1.37. The summed E-state index contributed by atoms with van der Waals surface area (Å²) in [5.74, 6) is -0.0998. The predicted molar refractivity (Wildman–Crippen MR) is 131 cm³/mol. The van der Waals surface area contributed by atoms with Gasteiger partial charge in [-0.2, -0.15) is 0 Å². The average Bonchev–Trinajstić information content (AvgIpc) is 3.57. The summed E-state index contributed by atoms with van der Waals surface area (Å²) in [7, 11) is 0. The third-order valence-corrected chi connectivity index (χ3v) is 7.95. The van der Waals surface area contributed by atoms with Crippen molar-refractivity contribution in [2.24, 2.45) is 22.6 Å². The van der Waals surface area contributed by atoms with Crippen molar-refractivity contribution in [1.29, 1.82) is 0 Å². The number of aliphatic imine (C=N–C) groups is 1. The number of thiophene rings is 1. The highest BCUT2D eigenvalue weighted by Crippen LogP contribution is 2.40. The van der Waals surface area contributed by atoms with Gasteiger partial charge in [0, 0.05) is 28.2 Å². The Morgan fingerprint density at radius 2 is 2.03 bits per heavy atom. The fraction of sp³-hybridized carbons (Fsp3) is 0.280. The molecular formula is C25H25N5O2S. The van der Waals surface area contributed by atoms with Crippen LogP contribution in [0.4, 0.5) is 0 Å². The molecule has 1 aliphatic carbocycles. The number of hydrogen-bond donors (Lipinski definition) is 4. The molecule has 0 radical (unpaired) electrons. The minimum atomic E-state index is -0.679. The summed E-state index contributed by atoms with van der Waals surface area (Å²) >= 11 is 1.73. The molecule has 1 fully saturated rings. The van der Waals surface area contributed by atoms with Crippen LogP contribution in [0.2, 0.25) is 0 Å². The first kappa shape index (κ1) is 20.1. The van der Waals surface area contributed by atoms with E-state index in [1.165, 1.54) is 10.4 Å². The molecule has 2 aromatic heterocycles. The van der Waals surface area contributed by atoms with E-state index in [1.807, 2.05) is 6.20 Å². The number of nitrogens with zero attached hydrogens (tertiary/aromatic N) is 2. The van der Waals surface area contributed by atoms with E-state index in [0.717, 1.165) is 40.8 Å². The largest absolute Gasteiger partial charge is 0.481 e. The van der Waals surface area contributed by atoms with Crippen LogP contribution in [0.25, 0.3) is 27.0 Å². The number of carboxylic acids is 1. The molecule has 1 unspecified atom stereocenters. The van der Waals surface area contributed by atoms with Crippen LogP contribution >= 0.6 is 11.3 Å². The van der Waals surface area contributed by atoms with Crippen molar-refractivity contribution in [2.45, 2.75) is 31.8 Å². The number of benzene rings is 1. The second kappa shape index (κ2) is 7.81. The Kier molecular flexibility index (Phi) is 4.76. The average molecular weight is 460 g/mol. The smallest absolute Gasteiger partial charge is 0.306 e. The fourth-order valence-electron chi connectivity index (χ4n) is 5.39. The monoisotopic (exact) mass is 459 g/mol. The number of aromatic amines is 1. The molecule has 7 nitrogen and oxygen atoms in total. The molecule has 33 heavy (non-hydrogen) atoms. The van der Waals surface area contributed by atoms with Crippen molar-refractivity contribution in [3.63, 3.8) is 0 Å².